The molecule has 0 radical (unpaired) electrons. The number of aromatic nitrogens is 2. The second-order valence-corrected chi connectivity index (χ2v) is 6.65. The molecule has 0 fully saturated rings. The van der Waals surface area contributed by atoms with E-state index in [1.54, 1.807) is 12.1 Å². The number of halogens is 2. The Morgan fingerprint density at radius 2 is 1.89 bits per heavy atom. The van der Waals surface area contributed by atoms with Gasteiger partial charge in [0.25, 0.3) is 0 Å². The Kier molecular flexibility index (Phi) is 6.18. The summed E-state index contributed by atoms with van der Waals surface area (Å²) in [4.78, 5) is 20.9. The molecule has 0 saturated heterocycles. The maximum absolute atomic E-state index is 12.1. The number of para-hydroxylation sites is 1. The predicted octanol–water partition coefficient (Wildman–Crippen LogP) is 3.95. The summed E-state index contributed by atoms with van der Waals surface area (Å²) in [5.74, 6) is 0.810. The number of hydrogen-bond donors (Lipinski definition) is 1. The summed E-state index contributed by atoms with van der Waals surface area (Å²) < 4.78 is 28.6. The van der Waals surface area contributed by atoms with Gasteiger partial charge < -0.3 is 10.1 Å². The van der Waals surface area contributed by atoms with Gasteiger partial charge in [0.1, 0.15) is 16.6 Å². The van der Waals surface area contributed by atoms with Gasteiger partial charge in [-0.05, 0) is 30.7 Å². The Hall–Kier alpha value is -2.74. The van der Waals surface area contributed by atoms with Crippen molar-refractivity contribution in [3.8, 4) is 5.75 Å². The minimum absolute atomic E-state index is 0.0849. The van der Waals surface area contributed by atoms with E-state index in [4.69, 9.17) is 0 Å². The predicted molar refractivity (Wildman–Crippen MR) is 99.9 cm³/mol. The molecular formula is C19H17F2N3O2S. The van der Waals surface area contributed by atoms with Crippen LogP contribution in [0.5, 0.6) is 5.75 Å². The largest absolute Gasteiger partial charge is 0.435 e. The van der Waals surface area contributed by atoms with Crippen molar-refractivity contribution < 1.29 is 18.3 Å². The standard InChI is InChI=1S/C19H17F2N3O2S/c1-12-23-16-5-3-2-4-15(16)18(24-12)27-11-17(25)22-10-13-6-8-14(9-7-13)26-19(20)21/h2-9,19H,10-11H2,1H3,(H,22,25). The number of amides is 1. The van der Waals surface area contributed by atoms with Crippen molar-refractivity contribution in [2.24, 2.45) is 0 Å². The number of nitrogens with one attached hydrogen (secondary N) is 1. The highest BCUT2D eigenvalue weighted by atomic mass is 32.2. The van der Waals surface area contributed by atoms with E-state index in [1.165, 1.54) is 23.9 Å². The molecule has 0 aliphatic carbocycles. The van der Waals surface area contributed by atoms with E-state index in [0.717, 1.165) is 21.5 Å². The van der Waals surface area contributed by atoms with Crippen molar-refractivity contribution >= 4 is 28.6 Å². The van der Waals surface area contributed by atoms with Crippen molar-refractivity contribution in [2.75, 3.05) is 5.75 Å². The fraction of sp³-hybridized carbons (Fsp3) is 0.211. The molecule has 1 amide bonds. The fourth-order valence-corrected chi connectivity index (χ4v) is 3.34. The summed E-state index contributed by atoms with van der Waals surface area (Å²) in [5, 5.41) is 4.48. The number of benzene rings is 2. The van der Waals surface area contributed by atoms with Gasteiger partial charge in [-0.15, -0.1) is 0 Å². The molecule has 2 aromatic carbocycles. The lowest BCUT2D eigenvalue weighted by Gasteiger charge is -2.08. The van der Waals surface area contributed by atoms with E-state index in [2.05, 4.69) is 20.0 Å². The van der Waals surface area contributed by atoms with Crippen LogP contribution in [-0.2, 0) is 11.3 Å². The van der Waals surface area contributed by atoms with Crippen LogP contribution in [0.3, 0.4) is 0 Å². The van der Waals surface area contributed by atoms with Gasteiger partial charge in [-0.1, -0.05) is 42.1 Å². The lowest BCUT2D eigenvalue weighted by Crippen LogP contribution is -2.24. The summed E-state index contributed by atoms with van der Waals surface area (Å²) in [6.45, 7) is -0.732. The maximum atomic E-state index is 12.1. The van der Waals surface area contributed by atoms with Crippen molar-refractivity contribution in [3.63, 3.8) is 0 Å². The van der Waals surface area contributed by atoms with Gasteiger partial charge in [-0.3, -0.25) is 4.79 Å². The van der Waals surface area contributed by atoms with Crippen molar-refractivity contribution in [1.29, 1.82) is 0 Å². The van der Waals surface area contributed by atoms with Gasteiger partial charge >= 0.3 is 6.61 Å². The molecule has 140 valence electrons. The number of aryl methyl sites for hydroxylation is 1. The Morgan fingerprint density at radius 1 is 1.15 bits per heavy atom. The number of carbonyl (C=O) groups excluding carboxylic acids is 1. The van der Waals surface area contributed by atoms with Gasteiger partial charge in [0.2, 0.25) is 5.91 Å². The van der Waals surface area contributed by atoms with Crippen LogP contribution >= 0.6 is 11.8 Å². The van der Waals surface area contributed by atoms with Crippen LogP contribution in [0.15, 0.2) is 53.6 Å². The van der Waals surface area contributed by atoms with E-state index in [9.17, 15) is 13.6 Å². The summed E-state index contributed by atoms with van der Waals surface area (Å²) in [6, 6.07) is 13.8. The van der Waals surface area contributed by atoms with E-state index in [-0.39, 0.29) is 17.4 Å². The van der Waals surface area contributed by atoms with Crippen LogP contribution < -0.4 is 10.1 Å². The molecular weight excluding hydrogens is 372 g/mol. The van der Waals surface area contributed by atoms with Crippen LogP contribution in [0.25, 0.3) is 10.9 Å². The molecule has 8 heteroatoms. The minimum atomic E-state index is -2.85. The first-order chi connectivity index (χ1) is 13.0. The van der Waals surface area contributed by atoms with E-state index in [1.807, 2.05) is 31.2 Å². The fourth-order valence-electron chi connectivity index (χ4n) is 2.44. The monoisotopic (exact) mass is 389 g/mol. The zero-order chi connectivity index (χ0) is 19.2. The third-order valence-corrected chi connectivity index (χ3v) is 4.65. The normalized spacial score (nSPS) is 11.0. The topological polar surface area (TPSA) is 64.1 Å². The molecule has 0 spiro atoms. The molecule has 3 rings (SSSR count). The number of nitrogens with zero attached hydrogens (tertiary/aromatic N) is 2. The molecule has 0 aliphatic heterocycles. The number of alkyl halides is 2. The minimum Gasteiger partial charge on any atom is -0.435 e. The maximum Gasteiger partial charge on any atom is 0.387 e. The lowest BCUT2D eigenvalue weighted by molar-refractivity contribution is -0.118. The van der Waals surface area contributed by atoms with Crippen molar-refractivity contribution in [2.45, 2.75) is 25.1 Å². The highest BCUT2D eigenvalue weighted by Crippen LogP contribution is 2.25. The molecule has 0 aliphatic rings. The van der Waals surface area contributed by atoms with Crippen molar-refractivity contribution in [1.82, 2.24) is 15.3 Å². The zero-order valence-electron chi connectivity index (χ0n) is 14.5. The lowest BCUT2D eigenvalue weighted by atomic mass is 10.2. The first kappa shape index (κ1) is 19.0. The first-order valence-electron chi connectivity index (χ1n) is 8.18. The van der Waals surface area contributed by atoms with Crippen molar-refractivity contribution in [3.05, 3.63) is 59.9 Å². The summed E-state index contributed by atoms with van der Waals surface area (Å²) in [5.41, 5.74) is 1.64. The van der Waals surface area contributed by atoms with Crippen LogP contribution in [0.4, 0.5) is 8.78 Å². The molecule has 1 heterocycles. The molecule has 0 atom stereocenters. The van der Waals surface area contributed by atoms with E-state index >= 15 is 0 Å². The molecule has 27 heavy (non-hydrogen) atoms. The highest BCUT2D eigenvalue weighted by Gasteiger charge is 2.09. The summed E-state index contributed by atoms with van der Waals surface area (Å²) >= 11 is 1.35. The summed E-state index contributed by atoms with van der Waals surface area (Å²) in [7, 11) is 0. The molecule has 1 N–H and O–H groups in total. The quantitative estimate of drug-likeness (QED) is 0.490. The van der Waals surface area contributed by atoms with Gasteiger partial charge in [0, 0.05) is 11.9 Å². The number of carbonyl (C=O) groups is 1. The number of rotatable bonds is 7. The SMILES string of the molecule is Cc1nc(SCC(=O)NCc2ccc(OC(F)F)cc2)c2ccccc2n1. The Labute approximate surface area is 159 Å². The average Bonchev–Trinajstić information content (AvgIpc) is 2.65. The molecule has 0 saturated carbocycles. The van der Waals surface area contributed by atoms with E-state index < -0.39 is 6.61 Å². The number of thioether (sulfide) groups is 1. The van der Waals surface area contributed by atoms with Crippen LogP contribution in [0, 0.1) is 6.92 Å². The van der Waals surface area contributed by atoms with Gasteiger partial charge in [0.05, 0.1) is 11.3 Å². The molecule has 3 aromatic rings. The van der Waals surface area contributed by atoms with E-state index in [0.29, 0.717) is 12.4 Å². The third-order valence-electron chi connectivity index (χ3n) is 3.66. The average molecular weight is 389 g/mol. The second kappa shape index (κ2) is 8.77. The molecule has 0 bridgehead atoms. The van der Waals surface area contributed by atoms with Crippen LogP contribution in [0.1, 0.15) is 11.4 Å². The molecule has 5 nitrogen and oxygen atoms in total. The third kappa shape index (κ3) is 5.37. The Bertz CT molecular complexity index is 936. The number of ether oxygens (including phenoxy) is 1. The zero-order valence-corrected chi connectivity index (χ0v) is 15.3. The highest BCUT2D eigenvalue weighted by molar-refractivity contribution is 8.00. The molecule has 0 unspecified atom stereocenters. The van der Waals surface area contributed by atoms with Crippen LogP contribution in [-0.4, -0.2) is 28.2 Å². The molecule has 1 aromatic heterocycles. The first-order valence-corrected chi connectivity index (χ1v) is 9.16. The Balaban J connectivity index is 1.54. The van der Waals surface area contributed by atoms with Gasteiger partial charge in [0.15, 0.2) is 0 Å². The summed E-state index contributed by atoms with van der Waals surface area (Å²) in [6.07, 6.45) is 0. The van der Waals surface area contributed by atoms with Crippen LogP contribution in [0.2, 0.25) is 0 Å². The number of hydrogen-bond acceptors (Lipinski definition) is 5. The Morgan fingerprint density at radius 3 is 2.63 bits per heavy atom. The number of fused-ring (bicyclic) bond motifs is 1. The van der Waals surface area contributed by atoms with Gasteiger partial charge in [-0.2, -0.15) is 8.78 Å². The van der Waals surface area contributed by atoms with Gasteiger partial charge in [-0.25, -0.2) is 9.97 Å². The second-order valence-electron chi connectivity index (χ2n) is 5.68. The smallest absolute Gasteiger partial charge is 0.387 e.